The van der Waals surface area contributed by atoms with E-state index < -0.39 is 26.0 Å². The molecule has 8 rings (SSSR count). The Balaban J connectivity index is 0.000000207. The van der Waals surface area contributed by atoms with Gasteiger partial charge in [-0.2, -0.15) is 8.61 Å². The molecule has 0 radical (unpaired) electrons. The van der Waals surface area contributed by atoms with Gasteiger partial charge in [0.15, 0.2) is 0 Å². The molecule has 1 N–H and O–H groups in total. The molecule has 0 atom stereocenters. The fourth-order valence-electron chi connectivity index (χ4n) is 8.08. The zero-order valence-electron chi connectivity index (χ0n) is 40.4. The Hall–Kier alpha value is -6.23. The van der Waals surface area contributed by atoms with Gasteiger partial charge in [0.05, 0.1) is 51.8 Å². The number of methoxy groups -OCH3 is 5. The number of rotatable bonds is 22. The van der Waals surface area contributed by atoms with Crippen molar-refractivity contribution in [2.45, 2.75) is 86.3 Å². The highest BCUT2D eigenvalue weighted by atomic mass is 32.2. The van der Waals surface area contributed by atoms with Crippen molar-refractivity contribution < 1.29 is 50.4 Å². The van der Waals surface area contributed by atoms with Crippen molar-refractivity contribution >= 4 is 26.0 Å². The van der Waals surface area contributed by atoms with E-state index in [9.17, 15) is 26.7 Å². The van der Waals surface area contributed by atoms with Gasteiger partial charge in [-0.05, 0) is 161 Å². The van der Waals surface area contributed by atoms with Crippen LogP contribution >= 0.6 is 0 Å². The number of hydrogen-bond acceptors (Lipinski definition) is 11. The molecular weight excluding hydrogens is 929 g/mol. The fraction of sp³-hybridized carbons (Fsp3) is 0.327. The molecule has 6 aromatic carbocycles. The lowest BCUT2D eigenvalue weighted by Gasteiger charge is -2.24. The molecule has 0 saturated heterocycles. The number of hydrogen-bond donors (Lipinski definition) is 1. The quantitative estimate of drug-likeness (QED) is 0.0647. The predicted molar refractivity (Wildman–Crippen MR) is 268 cm³/mol. The molecule has 370 valence electrons. The average Bonchev–Trinajstić information content (AvgIpc) is 4.32. The number of sulfonamides is 2. The Morgan fingerprint density at radius 3 is 1.07 bits per heavy atom. The summed E-state index contributed by atoms with van der Waals surface area (Å²) in [6, 6.07) is 40.4. The van der Waals surface area contributed by atoms with Gasteiger partial charge in [0, 0.05) is 32.8 Å². The minimum absolute atomic E-state index is 0.0188. The monoisotopic (exact) mass is 990 g/mol. The molecule has 6 aromatic rings. The van der Waals surface area contributed by atoms with E-state index >= 15 is 0 Å². The minimum Gasteiger partial charge on any atom is -0.497 e. The van der Waals surface area contributed by atoms with Crippen LogP contribution in [-0.2, 0) is 68.6 Å². The highest BCUT2D eigenvalue weighted by molar-refractivity contribution is 7.89. The maximum Gasteiger partial charge on any atom is 0.309 e. The van der Waals surface area contributed by atoms with Crippen molar-refractivity contribution in [3.63, 3.8) is 0 Å². The third-order valence-corrected chi connectivity index (χ3v) is 15.9. The lowest BCUT2D eigenvalue weighted by atomic mass is 10.1. The predicted octanol–water partition coefficient (Wildman–Crippen LogP) is 9.19. The number of esters is 1. The van der Waals surface area contributed by atoms with E-state index in [2.05, 4.69) is 0 Å². The molecule has 2 fully saturated rings. The summed E-state index contributed by atoms with van der Waals surface area (Å²) < 4.78 is 84.8. The molecule has 0 heterocycles. The Morgan fingerprint density at radius 2 is 0.786 bits per heavy atom. The largest absolute Gasteiger partial charge is 0.497 e. The third-order valence-electron chi connectivity index (χ3n) is 12.4. The first-order valence-corrected chi connectivity index (χ1v) is 26.1. The zero-order valence-corrected chi connectivity index (χ0v) is 42.0. The highest BCUT2D eigenvalue weighted by Crippen LogP contribution is 2.43. The van der Waals surface area contributed by atoms with E-state index in [1.165, 1.54) is 15.7 Å². The number of benzene rings is 6. The molecule has 15 heteroatoms. The van der Waals surface area contributed by atoms with Crippen molar-refractivity contribution in [2.75, 3.05) is 42.2 Å². The first-order valence-electron chi connectivity index (χ1n) is 23.2. The van der Waals surface area contributed by atoms with E-state index in [0.29, 0.717) is 35.3 Å². The molecule has 0 aliphatic heterocycles. The smallest absolute Gasteiger partial charge is 0.309 e. The summed E-state index contributed by atoms with van der Waals surface area (Å²) in [7, 11) is 0.00733. The normalized spacial score (nSPS) is 13.6. The second-order valence-electron chi connectivity index (χ2n) is 17.5. The van der Waals surface area contributed by atoms with Crippen molar-refractivity contribution in [1.82, 2.24) is 8.61 Å². The van der Waals surface area contributed by atoms with E-state index in [4.69, 9.17) is 23.7 Å². The van der Waals surface area contributed by atoms with Crippen molar-refractivity contribution in [3.05, 3.63) is 178 Å². The molecule has 2 aliphatic rings. The van der Waals surface area contributed by atoms with Gasteiger partial charge in [-0.3, -0.25) is 4.79 Å². The Labute approximate surface area is 412 Å². The Morgan fingerprint density at radius 1 is 0.471 bits per heavy atom. The van der Waals surface area contributed by atoms with Crippen LogP contribution in [0.15, 0.2) is 143 Å². The number of aliphatic hydroxyl groups is 1. The molecule has 0 spiro atoms. The lowest BCUT2D eigenvalue weighted by Crippen LogP contribution is -2.30. The van der Waals surface area contributed by atoms with Gasteiger partial charge >= 0.3 is 5.97 Å². The van der Waals surface area contributed by atoms with Gasteiger partial charge < -0.3 is 28.8 Å². The molecule has 0 unspecified atom stereocenters. The summed E-state index contributed by atoms with van der Waals surface area (Å²) >= 11 is 0. The molecule has 2 aliphatic carbocycles. The third kappa shape index (κ3) is 13.8. The van der Waals surface area contributed by atoms with Crippen LogP contribution in [-0.4, -0.2) is 78.7 Å². The van der Waals surface area contributed by atoms with Crippen molar-refractivity contribution in [1.29, 1.82) is 0 Å². The van der Waals surface area contributed by atoms with Gasteiger partial charge in [-0.15, -0.1) is 0 Å². The van der Waals surface area contributed by atoms with Gasteiger partial charge in [0.25, 0.3) is 0 Å². The molecular formula is C55H62N2O11S2. The van der Waals surface area contributed by atoms with Crippen LogP contribution in [0.3, 0.4) is 0 Å². The van der Waals surface area contributed by atoms with Crippen LogP contribution in [0.1, 0.15) is 82.0 Å². The summed E-state index contributed by atoms with van der Waals surface area (Å²) in [6.07, 6.45) is 4.63. The zero-order chi connectivity index (χ0) is 49.8. The molecule has 13 nitrogen and oxygen atoms in total. The average molecular weight is 991 g/mol. The van der Waals surface area contributed by atoms with E-state index in [-0.39, 0.29) is 49.0 Å². The summed E-state index contributed by atoms with van der Waals surface area (Å²) in [4.78, 5) is 12.4. The van der Waals surface area contributed by atoms with Crippen LogP contribution in [0, 0.1) is 0 Å². The SMILES string of the molecule is COC(=O)Cc1cc(C2CC2)cc(S(=O)(=O)N(Cc2ccc(OC)cc2)Cc2ccc(OC)cc2)c1.COc1ccc(CN(Cc2ccc(OC)cc2)S(=O)(=O)c2cc(CCO)cc(C3CC3)c2)cc1. The molecule has 2 saturated carbocycles. The molecule has 0 bridgehead atoms. The van der Waals surface area contributed by atoms with Crippen molar-refractivity contribution in [2.24, 2.45) is 0 Å². The van der Waals surface area contributed by atoms with Gasteiger partial charge in [0.1, 0.15) is 23.0 Å². The number of ether oxygens (including phenoxy) is 5. The van der Waals surface area contributed by atoms with Crippen LogP contribution in [0.4, 0.5) is 0 Å². The lowest BCUT2D eigenvalue weighted by molar-refractivity contribution is -0.139. The maximum atomic E-state index is 14.1. The second kappa shape index (κ2) is 23.6. The highest BCUT2D eigenvalue weighted by Gasteiger charge is 2.32. The Bertz CT molecular complexity index is 2800. The summed E-state index contributed by atoms with van der Waals surface area (Å²) in [5.41, 5.74) is 6.88. The second-order valence-corrected chi connectivity index (χ2v) is 21.4. The van der Waals surface area contributed by atoms with Gasteiger partial charge in [-0.1, -0.05) is 60.7 Å². The van der Waals surface area contributed by atoms with E-state index in [1.807, 2.05) is 115 Å². The fourth-order valence-corrected chi connectivity index (χ4v) is 11.1. The minimum atomic E-state index is -3.90. The standard InChI is InChI=1S/C28H31NO6S.C27H31NO5S/c1-33-25-10-4-20(5-11-25)18-29(19-21-6-12-26(34-2)13-7-21)36(31,32)27-15-22(16-28(30)35-3)14-24(17-27)23-8-9-23;1-32-25-9-3-20(4-10-25)18-28(19-21-5-11-26(33-2)12-6-21)34(30,31)27-16-22(13-14-29)15-24(17-27)23-7-8-23/h4-7,10-15,17,23H,8-9,16,18-19H2,1-3H3;3-6,9-12,15-17,23,29H,7-8,13-14,18-19H2,1-2H3. The maximum absolute atomic E-state index is 14.1. The number of nitrogens with zero attached hydrogens (tertiary/aromatic N) is 2. The van der Waals surface area contributed by atoms with Crippen LogP contribution < -0.4 is 18.9 Å². The van der Waals surface area contributed by atoms with Crippen LogP contribution in [0.5, 0.6) is 23.0 Å². The van der Waals surface area contributed by atoms with Crippen molar-refractivity contribution in [3.8, 4) is 23.0 Å². The van der Waals surface area contributed by atoms with E-state index in [1.54, 1.807) is 46.6 Å². The van der Waals surface area contributed by atoms with Crippen LogP contribution in [0.25, 0.3) is 0 Å². The number of aliphatic hydroxyl groups excluding tert-OH is 1. The number of carbonyl (C=O) groups excluding carboxylic acids is 1. The number of carbonyl (C=O) groups is 1. The topological polar surface area (TPSA) is 158 Å². The first-order chi connectivity index (χ1) is 33.7. The summed E-state index contributed by atoms with van der Waals surface area (Å²) in [5.74, 6) is 3.18. The van der Waals surface area contributed by atoms with E-state index in [0.717, 1.165) is 76.1 Å². The summed E-state index contributed by atoms with van der Waals surface area (Å²) in [6.45, 7) is 0.786. The molecule has 0 amide bonds. The first kappa shape index (κ1) is 51.6. The summed E-state index contributed by atoms with van der Waals surface area (Å²) in [5, 5.41) is 9.46. The molecule has 0 aromatic heterocycles. The van der Waals surface area contributed by atoms with Crippen LogP contribution in [0.2, 0.25) is 0 Å². The van der Waals surface area contributed by atoms with Gasteiger partial charge in [-0.25, -0.2) is 16.8 Å². The van der Waals surface area contributed by atoms with Gasteiger partial charge in [0.2, 0.25) is 20.0 Å². The Kier molecular flexibility index (Phi) is 17.4. The molecule has 70 heavy (non-hydrogen) atoms.